The van der Waals surface area contributed by atoms with Crippen molar-refractivity contribution in [2.75, 3.05) is 10.6 Å². The van der Waals surface area contributed by atoms with Crippen LogP contribution in [0.3, 0.4) is 0 Å². The molecule has 0 aliphatic carbocycles. The number of aliphatic hydroxyl groups is 1. The van der Waals surface area contributed by atoms with Crippen molar-refractivity contribution in [3.05, 3.63) is 35.7 Å². The summed E-state index contributed by atoms with van der Waals surface area (Å²) in [5, 5.41) is 26.4. The molecule has 2 aromatic heterocycles. The molecule has 0 amide bonds. The Morgan fingerprint density at radius 2 is 2.04 bits per heavy atom. The highest BCUT2D eigenvalue weighted by Crippen LogP contribution is 2.24. The Bertz CT molecular complexity index is 937. The van der Waals surface area contributed by atoms with Gasteiger partial charge in [0.05, 0.1) is 18.5 Å². The molecule has 4 N–H and O–H groups in total. The number of aryl methyl sites for hydroxylation is 2. The maximum atomic E-state index is 10.1. The number of anilines is 2. The van der Waals surface area contributed by atoms with Crippen LogP contribution < -0.4 is 10.6 Å². The van der Waals surface area contributed by atoms with Gasteiger partial charge < -0.3 is 25.4 Å². The molecule has 2 heterocycles. The molecule has 0 saturated heterocycles. The fourth-order valence-corrected chi connectivity index (χ4v) is 2.96. The zero-order valence-corrected chi connectivity index (χ0v) is 16.1. The molecule has 0 bridgehead atoms. The molecule has 0 saturated carbocycles. The standard InChI is InChI=1S/C19H26N6O2/c1-5-14(12(3)26)22-19-23-17(16-18(24-19)25(4)10-21-16)20-9-13-8-11(2)6-7-15(13)27/h6-8,10,12,14,26-27H,5,9H2,1-4H3,(H2,20,22,23,24). The second kappa shape index (κ2) is 7.79. The fourth-order valence-electron chi connectivity index (χ4n) is 2.96. The number of aliphatic hydroxyl groups excluding tert-OH is 1. The van der Waals surface area contributed by atoms with E-state index in [4.69, 9.17) is 0 Å². The number of hydrogen-bond donors (Lipinski definition) is 4. The third-order valence-electron chi connectivity index (χ3n) is 4.58. The lowest BCUT2D eigenvalue weighted by Crippen LogP contribution is -2.31. The maximum absolute atomic E-state index is 10.1. The van der Waals surface area contributed by atoms with Gasteiger partial charge in [-0.15, -0.1) is 0 Å². The number of imidazole rings is 1. The van der Waals surface area contributed by atoms with Crippen molar-refractivity contribution < 1.29 is 10.2 Å². The quantitative estimate of drug-likeness (QED) is 0.506. The van der Waals surface area contributed by atoms with Crippen molar-refractivity contribution in [2.45, 2.75) is 45.9 Å². The van der Waals surface area contributed by atoms with Gasteiger partial charge in [0.15, 0.2) is 17.0 Å². The average molecular weight is 370 g/mol. The summed E-state index contributed by atoms with van der Waals surface area (Å²) < 4.78 is 1.82. The van der Waals surface area contributed by atoms with Gasteiger partial charge in [0.2, 0.25) is 5.95 Å². The van der Waals surface area contributed by atoms with Gasteiger partial charge in [0.1, 0.15) is 5.75 Å². The lowest BCUT2D eigenvalue weighted by atomic mass is 10.1. The van der Waals surface area contributed by atoms with Gasteiger partial charge in [-0.05, 0) is 26.3 Å². The van der Waals surface area contributed by atoms with Gasteiger partial charge >= 0.3 is 0 Å². The van der Waals surface area contributed by atoms with E-state index < -0.39 is 6.10 Å². The van der Waals surface area contributed by atoms with E-state index in [0.717, 1.165) is 17.5 Å². The van der Waals surface area contributed by atoms with E-state index in [-0.39, 0.29) is 11.8 Å². The first kappa shape index (κ1) is 18.9. The first-order valence-electron chi connectivity index (χ1n) is 9.05. The second-order valence-electron chi connectivity index (χ2n) is 6.81. The zero-order valence-electron chi connectivity index (χ0n) is 16.1. The molecule has 27 heavy (non-hydrogen) atoms. The lowest BCUT2D eigenvalue weighted by molar-refractivity contribution is 0.169. The third-order valence-corrected chi connectivity index (χ3v) is 4.58. The van der Waals surface area contributed by atoms with Gasteiger partial charge in [-0.2, -0.15) is 9.97 Å². The summed E-state index contributed by atoms with van der Waals surface area (Å²) in [5.74, 6) is 1.23. The van der Waals surface area contributed by atoms with Crippen LogP contribution >= 0.6 is 0 Å². The van der Waals surface area contributed by atoms with Crippen LogP contribution in [0.15, 0.2) is 24.5 Å². The Kier molecular flexibility index (Phi) is 5.46. The Morgan fingerprint density at radius 3 is 2.74 bits per heavy atom. The number of phenolic OH excluding ortho intramolecular Hbond substituents is 1. The Labute approximate surface area is 158 Å². The van der Waals surface area contributed by atoms with Crippen LogP contribution in [-0.2, 0) is 13.6 Å². The Morgan fingerprint density at radius 1 is 1.26 bits per heavy atom. The summed E-state index contributed by atoms with van der Waals surface area (Å²) in [7, 11) is 1.87. The summed E-state index contributed by atoms with van der Waals surface area (Å²) in [4.78, 5) is 13.5. The number of fused-ring (bicyclic) bond motifs is 1. The van der Waals surface area contributed by atoms with Gasteiger partial charge in [-0.25, -0.2) is 4.98 Å². The molecule has 0 fully saturated rings. The van der Waals surface area contributed by atoms with E-state index in [1.807, 2.05) is 37.6 Å². The number of hydrogen-bond acceptors (Lipinski definition) is 7. The van der Waals surface area contributed by atoms with Crippen LogP contribution in [0.2, 0.25) is 0 Å². The van der Waals surface area contributed by atoms with E-state index in [0.29, 0.717) is 29.5 Å². The Balaban J connectivity index is 1.92. The molecule has 8 nitrogen and oxygen atoms in total. The summed E-state index contributed by atoms with van der Waals surface area (Å²) in [5.41, 5.74) is 3.19. The Hall–Kier alpha value is -2.87. The summed E-state index contributed by atoms with van der Waals surface area (Å²) >= 11 is 0. The number of nitrogens with zero attached hydrogens (tertiary/aromatic N) is 4. The molecule has 2 atom stereocenters. The van der Waals surface area contributed by atoms with E-state index >= 15 is 0 Å². The maximum Gasteiger partial charge on any atom is 0.227 e. The van der Waals surface area contributed by atoms with Crippen molar-refractivity contribution in [3.8, 4) is 5.75 Å². The minimum atomic E-state index is -0.526. The molecule has 0 aliphatic rings. The van der Waals surface area contributed by atoms with Crippen molar-refractivity contribution >= 4 is 22.9 Å². The number of rotatable bonds is 7. The van der Waals surface area contributed by atoms with Crippen LogP contribution in [0.1, 0.15) is 31.4 Å². The highest BCUT2D eigenvalue weighted by atomic mass is 16.3. The number of aromatic hydroxyl groups is 1. The van der Waals surface area contributed by atoms with E-state index in [2.05, 4.69) is 25.6 Å². The predicted octanol–water partition coefficient (Wildman–Crippen LogP) is 2.56. The summed E-state index contributed by atoms with van der Waals surface area (Å²) in [6, 6.07) is 5.33. The average Bonchev–Trinajstić information content (AvgIpc) is 3.01. The van der Waals surface area contributed by atoms with Crippen LogP contribution in [-0.4, -0.2) is 41.9 Å². The van der Waals surface area contributed by atoms with Gasteiger partial charge in [-0.3, -0.25) is 0 Å². The largest absolute Gasteiger partial charge is 0.508 e. The second-order valence-corrected chi connectivity index (χ2v) is 6.81. The van der Waals surface area contributed by atoms with Crippen molar-refractivity contribution in [1.82, 2.24) is 19.5 Å². The molecular weight excluding hydrogens is 344 g/mol. The molecular formula is C19H26N6O2. The lowest BCUT2D eigenvalue weighted by Gasteiger charge is -2.20. The van der Waals surface area contributed by atoms with Crippen molar-refractivity contribution in [2.24, 2.45) is 7.05 Å². The number of benzene rings is 1. The van der Waals surface area contributed by atoms with E-state index in [9.17, 15) is 10.2 Å². The third kappa shape index (κ3) is 4.11. The minimum absolute atomic E-state index is 0.149. The first-order valence-corrected chi connectivity index (χ1v) is 9.05. The molecule has 8 heteroatoms. The monoisotopic (exact) mass is 370 g/mol. The molecule has 3 aromatic rings. The number of aromatic nitrogens is 4. The molecule has 0 spiro atoms. The van der Waals surface area contributed by atoms with E-state index in [1.54, 1.807) is 19.3 Å². The molecule has 3 rings (SSSR count). The minimum Gasteiger partial charge on any atom is -0.508 e. The van der Waals surface area contributed by atoms with Crippen LogP contribution in [0, 0.1) is 6.92 Å². The van der Waals surface area contributed by atoms with Crippen LogP contribution in [0.5, 0.6) is 5.75 Å². The number of phenols is 1. The van der Waals surface area contributed by atoms with Crippen molar-refractivity contribution in [3.63, 3.8) is 0 Å². The van der Waals surface area contributed by atoms with Gasteiger partial charge in [0.25, 0.3) is 0 Å². The predicted molar refractivity (Wildman–Crippen MR) is 106 cm³/mol. The van der Waals surface area contributed by atoms with Crippen LogP contribution in [0.4, 0.5) is 11.8 Å². The van der Waals surface area contributed by atoms with Gasteiger partial charge in [0, 0.05) is 19.2 Å². The molecule has 0 aliphatic heterocycles. The normalized spacial score (nSPS) is 13.5. The van der Waals surface area contributed by atoms with Gasteiger partial charge in [-0.1, -0.05) is 24.6 Å². The molecule has 0 radical (unpaired) electrons. The van der Waals surface area contributed by atoms with Crippen LogP contribution in [0.25, 0.3) is 11.2 Å². The molecule has 1 aromatic carbocycles. The highest BCUT2D eigenvalue weighted by Gasteiger charge is 2.17. The smallest absolute Gasteiger partial charge is 0.227 e. The molecule has 144 valence electrons. The topological polar surface area (TPSA) is 108 Å². The highest BCUT2D eigenvalue weighted by molar-refractivity contribution is 5.84. The molecule has 2 unspecified atom stereocenters. The fraction of sp³-hybridized carbons (Fsp3) is 0.421. The van der Waals surface area contributed by atoms with E-state index in [1.165, 1.54) is 0 Å². The SMILES string of the molecule is CCC(Nc1nc(NCc2cc(C)ccc2O)c2ncn(C)c2n1)C(C)O. The number of nitrogens with one attached hydrogen (secondary N) is 2. The zero-order chi connectivity index (χ0) is 19.6. The first-order chi connectivity index (χ1) is 12.9. The summed E-state index contributed by atoms with van der Waals surface area (Å²) in [6.45, 7) is 6.12. The summed E-state index contributed by atoms with van der Waals surface area (Å²) in [6.07, 6.45) is 1.90. The van der Waals surface area contributed by atoms with Crippen molar-refractivity contribution in [1.29, 1.82) is 0 Å².